The normalized spacial score (nSPS) is 12.2. The largest absolute Gasteiger partial charge is 0.481 e. The second kappa shape index (κ2) is 15.2. The molecule has 0 spiro atoms. The monoisotopic (exact) mass is 393 g/mol. The summed E-state index contributed by atoms with van der Waals surface area (Å²) in [7, 11) is 1.66. The third kappa shape index (κ3) is 10.6. The third-order valence-corrected chi connectivity index (χ3v) is 5.47. The van der Waals surface area contributed by atoms with Crippen LogP contribution in [0.15, 0.2) is 11.1 Å². The Morgan fingerprint density at radius 1 is 0.929 bits per heavy atom. The van der Waals surface area contributed by atoms with Crippen LogP contribution >= 0.6 is 0 Å². The van der Waals surface area contributed by atoms with Crippen molar-refractivity contribution in [2.75, 3.05) is 0 Å². The quantitative estimate of drug-likeness (QED) is 0.367. The zero-order valence-electron chi connectivity index (χ0n) is 17.9. The van der Waals surface area contributed by atoms with Crippen LogP contribution in [0.5, 0.6) is 0 Å². The molecule has 0 aliphatic rings. The van der Waals surface area contributed by atoms with Crippen LogP contribution in [0.3, 0.4) is 0 Å². The van der Waals surface area contributed by atoms with E-state index in [9.17, 15) is 9.59 Å². The first-order valence-corrected chi connectivity index (χ1v) is 11.2. The number of hydrogen-bond donors (Lipinski definition) is 1. The van der Waals surface area contributed by atoms with Crippen LogP contribution < -0.4 is 5.69 Å². The number of carboxylic acid groups (broad SMARTS) is 1. The van der Waals surface area contributed by atoms with Crippen LogP contribution in [-0.4, -0.2) is 25.6 Å². The van der Waals surface area contributed by atoms with Crippen molar-refractivity contribution in [3.05, 3.63) is 22.6 Å². The summed E-state index contributed by atoms with van der Waals surface area (Å²) in [6, 6.07) is 0. The molecule has 0 radical (unpaired) electrons. The lowest BCUT2D eigenvalue weighted by molar-refractivity contribution is -0.137. The van der Waals surface area contributed by atoms with Crippen molar-refractivity contribution >= 4 is 5.97 Å². The SMILES string of the molecule is CCCCCCCCCCCCCCC(CCC(=O)O)c1ncnc(=O)n1C. The van der Waals surface area contributed by atoms with Gasteiger partial charge in [-0.15, -0.1) is 0 Å². The molecular weight excluding hydrogens is 354 g/mol. The Kier molecular flexibility index (Phi) is 13.2. The molecule has 0 bridgehead atoms. The van der Waals surface area contributed by atoms with Gasteiger partial charge < -0.3 is 5.11 Å². The van der Waals surface area contributed by atoms with Crippen LogP contribution in [0, 0.1) is 0 Å². The van der Waals surface area contributed by atoms with Gasteiger partial charge >= 0.3 is 11.7 Å². The smallest absolute Gasteiger partial charge is 0.350 e. The Morgan fingerprint density at radius 3 is 2.00 bits per heavy atom. The Morgan fingerprint density at radius 2 is 1.46 bits per heavy atom. The van der Waals surface area contributed by atoms with Crippen molar-refractivity contribution in [2.24, 2.45) is 7.05 Å². The molecule has 0 saturated carbocycles. The molecule has 0 saturated heterocycles. The molecule has 1 heterocycles. The maximum absolute atomic E-state index is 11.8. The van der Waals surface area contributed by atoms with Crippen molar-refractivity contribution in [3.63, 3.8) is 0 Å². The number of carboxylic acids is 1. The van der Waals surface area contributed by atoms with E-state index in [1.54, 1.807) is 7.05 Å². The highest BCUT2D eigenvalue weighted by molar-refractivity contribution is 5.66. The summed E-state index contributed by atoms with van der Waals surface area (Å²) in [4.78, 5) is 30.6. The van der Waals surface area contributed by atoms with Crippen LogP contribution in [-0.2, 0) is 11.8 Å². The number of carbonyl (C=O) groups is 1. The molecular formula is C22H39N3O3. The van der Waals surface area contributed by atoms with E-state index in [-0.39, 0.29) is 18.0 Å². The lowest BCUT2D eigenvalue weighted by Crippen LogP contribution is -2.26. The molecule has 1 aromatic rings. The van der Waals surface area contributed by atoms with Crippen LogP contribution in [0.4, 0.5) is 0 Å². The van der Waals surface area contributed by atoms with Crippen LogP contribution in [0.2, 0.25) is 0 Å². The highest BCUT2D eigenvalue weighted by Crippen LogP contribution is 2.25. The zero-order valence-corrected chi connectivity index (χ0v) is 17.9. The predicted octanol–water partition coefficient (Wildman–Crippen LogP) is 5.21. The Hall–Kier alpha value is -1.72. The number of aliphatic carboxylic acids is 1. The number of nitrogens with zero attached hydrogens (tertiary/aromatic N) is 3. The van der Waals surface area contributed by atoms with E-state index >= 15 is 0 Å². The maximum Gasteiger partial charge on any atom is 0.350 e. The van der Waals surface area contributed by atoms with E-state index in [1.165, 1.54) is 75.1 Å². The third-order valence-electron chi connectivity index (χ3n) is 5.47. The van der Waals surface area contributed by atoms with Gasteiger partial charge in [-0.2, -0.15) is 4.98 Å². The minimum Gasteiger partial charge on any atom is -0.481 e. The minimum absolute atomic E-state index is 0.0000734. The molecule has 160 valence electrons. The van der Waals surface area contributed by atoms with Gasteiger partial charge in [-0.1, -0.05) is 84.0 Å². The molecule has 1 aromatic heterocycles. The standard InChI is InChI=1S/C22H39N3O3/c1-3-4-5-6-7-8-9-10-11-12-13-14-15-19(16-17-20(26)27)21-23-18-24-22(28)25(21)2/h18-19H,3-17H2,1-2H3,(H,26,27). The average Bonchev–Trinajstić information content (AvgIpc) is 2.67. The first-order chi connectivity index (χ1) is 13.6. The number of hydrogen-bond acceptors (Lipinski definition) is 4. The highest BCUT2D eigenvalue weighted by Gasteiger charge is 2.18. The lowest BCUT2D eigenvalue weighted by atomic mass is 9.94. The fourth-order valence-corrected chi connectivity index (χ4v) is 3.72. The summed E-state index contributed by atoms with van der Waals surface area (Å²) in [6.07, 6.45) is 18.3. The van der Waals surface area contributed by atoms with Gasteiger partial charge in [-0.05, 0) is 12.8 Å². The first kappa shape index (κ1) is 24.3. The predicted molar refractivity (Wildman–Crippen MR) is 113 cm³/mol. The molecule has 1 rings (SSSR count). The first-order valence-electron chi connectivity index (χ1n) is 11.2. The van der Waals surface area contributed by atoms with Gasteiger partial charge in [0.1, 0.15) is 12.2 Å². The van der Waals surface area contributed by atoms with Gasteiger partial charge in [0.05, 0.1) is 0 Å². The highest BCUT2D eigenvalue weighted by atomic mass is 16.4. The summed E-state index contributed by atoms with van der Waals surface area (Å²) in [5, 5.41) is 9.00. The van der Waals surface area contributed by atoms with Crippen molar-refractivity contribution < 1.29 is 9.90 Å². The van der Waals surface area contributed by atoms with E-state index in [0.717, 1.165) is 19.3 Å². The topological polar surface area (TPSA) is 85.1 Å². The van der Waals surface area contributed by atoms with E-state index in [4.69, 9.17) is 5.11 Å². The molecule has 0 fully saturated rings. The summed E-state index contributed by atoms with van der Waals surface area (Å²) in [6.45, 7) is 2.25. The summed E-state index contributed by atoms with van der Waals surface area (Å²) in [5.74, 6) is -0.150. The fourth-order valence-electron chi connectivity index (χ4n) is 3.72. The minimum atomic E-state index is -0.807. The van der Waals surface area contributed by atoms with Crippen LogP contribution in [0.1, 0.15) is 115 Å². The fraction of sp³-hybridized carbons (Fsp3) is 0.818. The Balaban J connectivity index is 2.24. The Bertz CT molecular complexity index is 601. The van der Waals surface area contributed by atoms with Gasteiger partial charge in [-0.3, -0.25) is 9.36 Å². The number of unbranched alkanes of at least 4 members (excludes halogenated alkanes) is 11. The summed E-state index contributed by atoms with van der Waals surface area (Å²) in [5.41, 5.74) is -0.333. The zero-order chi connectivity index (χ0) is 20.6. The molecule has 6 nitrogen and oxygen atoms in total. The second-order valence-corrected chi connectivity index (χ2v) is 7.88. The summed E-state index contributed by atoms with van der Waals surface area (Å²) >= 11 is 0. The van der Waals surface area contributed by atoms with E-state index in [2.05, 4.69) is 16.9 Å². The van der Waals surface area contributed by atoms with Crippen molar-refractivity contribution in [1.29, 1.82) is 0 Å². The molecule has 6 heteroatoms. The second-order valence-electron chi connectivity index (χ2n) is 7.88. The molecule has 1 N–H and O–H groups in total. The molecule has 28 heavy (non-hydrogen) atoms. The number of rotatable bonds is 17. The molecule has 0 aromatic carbocycles. The van der Waals surface area contributed by atoms with E-state index in [1.807, 2.05) is 0 Å². The van der Waals surface area contributed by atoms with Gasteiger partial charge in [0.15, 0.2) is 0 Å². The molecule has 0 aliphatic heterocycles. The van der Waals surface area contributed by atoms with Gasteiger partial charge in [0.2, 0.25) is 0 Å². The Labute approximate surface area is 169 Å². The molecule has 1 unspecified atom stereocenters. The van der Waals surface area contributed by atoms with Crippen molar-refractivity contribution in [3.8, 4) is 0 Å². The lowest BCUT2D eigenvalue weighted by Gasteiger charge is -2.17. The van der Waals surface area contributed by atoms with E-state index < -0.39 is 5.97 Å². The molecule has 0 amide bonds. The van der Waals surface area contributed by atoms with Gasteiger partial charge in [-0.25, -0.2) is 9.78 Å². The van der Waals surface area contributed by atoms with Gasteiger partial charge in [0.25, 0.3) is 0 Å². The molecule has 1 atom stereocenters. The van der Waals surface area contributed by atoms with Crippen LogP contribution in [0.25, 0.3) is 0 Å². The summed E-state index contributed by atoms with van der Waals surface area (Å²) < 4.78 is 1.45. The van der Waals surface area contributed by atoms with E-state index in [0.29, 0.717) is 12.2 Å². The maximum atomic E-state index is 11.8. The molecule has 0 aliphatic carbocycles. The average molecular weight is 394 g/mol. The number of aromatic nitrogens is 3. The van der Waals surface area contributed by atoms with Gasteiger partial charge in [0, 0.05) is 19.4 Å². The van der Waals surface area contributed by atoms with Crippen molar-refractivity contribution in [2.45, 2.75) is 109 Å². The van der Waals surface area contributed by atoms with Crippen molar-refractivity contribution in [1.82, 2.24) is 14.5 Å².